The maximum absolute atomic E-state index is 11.1. The summed E-state index contributed by atoms with van der Waals surface area (Å²) >= 11 is 0. The molecule has 0 aromatic heterocycles. The molecule has 14 heavy (non-hydrogen) atoms. The van der Waals surface area contributed by atoms with Gasteiger partial charge in [0.25, 0.3) is 0 Å². The number of fused-ring (bicyclic) bond motifs is 1. The third kappa shape index (κ3) is 1.29. The van der Waals surface area contributed by atoms with Crippen molar-refractivity contribution < 1.29 is 4.79 Å². The van der Waals surface area contributed by atoms with Gasteiger partial charge in [-0.3, -0.25) is 4.79 Å². The van der Waals surface area contributed by atoms with Crippen molar-refractivity contribution in [3.63, 3.8) is 0 Å². The van der Waals surface area contributed by atoms with Crippen LogP contribution in [0.25, 0.3) is 0 Å². The molecule has 1 heterocycles. The number of anilines is 2. The largest absolute Gasteiger partial charge is 0.399 e. The van der Waals surface area contributed by atoms with Crippen molar-refractivity contribution in [2.45, 2.75) is 12.8 Å². The lowest BCUT2D eigenvalue weighted by molar-refractivity contribution is -0.116. The van der Waals surface area contributed by atoms with Crippen molar-refractivity contribution in [3.05, 3.63) is 23.3 Å². The first-order valence-electron chi connectivity index (χ1n) is 4.33. The third-order valence-corrected chi connectivity index (χ3v) is 2.25. The van der Waals surface area contributed by atoms with E-state index in [0.29, 0.717) is 29.8 Å². The Morgan fingerprint density at radius 3 is 2.93 bits per heavy atom. The minimum atomic E-state index is -0.0428. The van der Waals surface area contributed by atoms with Crippen molar-refractivity contribution >= 4 is 17.3 Å². The van der Waals surface area contributed by atoms with Crippen molar-refractivity contribution in [1.29, 1.82) is 5.26 Å². The summed E-state index contributed by atoms with van der Waals surface area (Å²) in [6.07, 6.45) is 1.11. The van der Waals surface area contributed by atoms with Crippen LogP contribution in [0, 0.1) is 11.3 Å². The van der Waals surface area contributed by atoms with Crippen molar-refractivity contribution in [1.82, 2.24) is 0 Å². The van der Waals surface area contributed by atoms with Gasteiger partial charge >= 0.3 is 0 Å². The highest BCUT2D eigenvalue weighted by Gasteiger charge is 2.18. The number of nitrogens with zero attached hydrogens (tertiary/aromatic N) is 1. The van der Waals surface area contributed by atoms with Gasteiger partial charge in [0.1, 0.15) is 6.07 Å². The highest BCUT2D eigenvalue weighted by atomic mass is 16.1. The molecule has 1 aliphatic heterocycles. The molecule has 0 bridgehead atoms. The van der Waals surface area contributed by atoms with Crippen molar-refractivity contribution in [2.75, 3.05) is 11.1 Å². The minimum absolute atomic E-state index is 0.0428. The zero-order chi connectivity index (χ0) is 10.1. The Kier molecular flexibility index (Phi) is 1.86. The van der Waals surface area contributed by atoms with E-state index in [0.717, 1.165) is 5.56 Å². The van der Waals surface area contributed by atoms with E-state index in [1.165, 1.54) is 0 Å². The summed E-state index contributed by atoms with van der Waals surface area (Å²) in [6, 6.07) is 5.40. The van der Waals surface area contributed by atoms with Crippen LogP contribution in [0.15, 0.2) is 12.1 Å². The zero-order valence-corrected chi connectivity index (χ0v) is 7.50. The molecule has 1 aliphatic rings. The highest BCUT2D eigenvalue weighted by molar-refractivity contribution is 5.95. The molecule has 0 atom stereocenters. The summed E-state index contributed by atoms with van der Waals surface area (Å²) in [4.78, 5) is 11.1. The van der Waals surface area contributed by atoms with Crippen molar-refractivity contribution in [3.8, 4) is 6.07 Å². The number of hydrogen-bond acceptors (Lipinski definition) is 3. The van der Waals surface area contributed by atoms with E-state index in [4.69, 9.17) is 11.0 Å². The molecule has 0 saturated heterocycles. The number of nitrogen functional groups attached to an aromatic ring is 1. The summed E-state index contributed by atoms with van der Waals surface area (Å²) < 4.78 is 0. The lowest BCUT2D eigenvalue weighted by Gasteiger charge is -2.18. The van der Waals surface area contributed by atoms with E-state index in [9.17, 15) is 4.79 Å². The molecule has 1 amide bonds. The molecule has 3 N–H and O–H groups in total. The smallest absolute Gasteiger partial charge is 0.224 e. The molecule has 4 nitrogen and oxygen atoms in total. The van der Waals surface area contributed by atoms with Crippen LogP contribution in [-0.4, -0.2) is 5.91 Å². The summed E-state index contributed by atoms with van der Waals surface area (Å²) in [5.41, 5.74) is 8.20. The molecule has 1 aromatic rings. The van der Waals surface area contributed by atoms with Crippen LogP contribution in [0.2, 0.25) is 0 Å². The maximum Gasteiger partial charge on any atom is 0.224 e. The van der Waals surface area contributed by atoms with Gasteiger partial charge in [0.15, 0.2) is 0 Å². The van der Waals surface area contributed by atoms with Gasteiger partial charge in [-0.2, -0.15) is 5.26 Å². The highest BCUT2D eigenvalue weighted by Crippen LogP contribution is 2.28. The van der Waals surface area contributed by atoms with Crippen LogP contribution in [0.3, 0.4) is 0 Å². The first-order valence-corrected chi connectivity index (χ1v) is 4.33. The standard InChI is InChI=1S/C10H9N3O/c11-5-7-4-8(12)3-6-1-2-9(14)13-10(6)7/h3-4H,1-2,12H2,(H,13,14). The number of carbonyl (C=O) groups excluding carboxylic acids is 1. The topological polar surface area (TPSA) is 78.9 Å². The first-order chi connectivity index (χ1) is 6.70. The minimum Gasteiger partial charge on any atom is -0.399 e. The molecular formula is C10H9N3O. The summed E-state index contributed by atoms with van der Waals surface area (Å²) in [5.74, 6) is -0.0428. The number of aryl methyl sites for hydroxylation is 1. The number of rotatable bonds is 0. The van der Waals surface area contributed by atoms with Gasteiger partial charge in [-0.25, -0.2) is 0 Å². The van der Waals surface area contributed by atoms with Gasteiger partial charge in [0.2, 0.25) is 5.91 Å². The second-order valence-corrected chi connectivity index (χ2v) is 3.26. The van der Waals surface area contributed by atoms with Gasteiger partial charge in [0.05, 0.1) is 11.3 Å². The van der Waals surface area contributed by atoms with E-state index < -0.39 is 0 Å². The average molecular weight is 187 g/mol. The summed E-state index contributed by atoms with van der Waals surface area (Å²) in [5, 5.41) is 11.5. The van der Waals surface area contributed by atoms with E-state index in [2.05, 4.69) is 5.32 Å². The quantitative estimate of drug-likeness (QED) is 0.595. The van der Waals surface area contributed by atoms with Crippen LogP contribution in [-0.2, 0) is 11.2 Å². The SMILES string of the molecule is N#Cc1cc(N)cc2c1NC(=O)CC2. The predicted molar refractivity (Wildman–Crippen MR) is 52.5 cm³/mol. The van der Waals surface area contributed by atoms with Crippen molar-refractivity contribution in [2.24, 2.45) is 0 Å². The molecule has 1 aromatic carbocycles. The number of nitrogens with one attached hydrogen (secondary N) is 1. The molecule has 0 spiro atoms. The van der Waals surface area contributed by atoms with Gasteiger partial charge in [-0.15, -0.1) is 0 Å². The maximum atomic E-state index is 11.1. The Morgan fingerprint density at radius 2 is 2.21 bits per heavy atom. The Morgan fingerprint density at radius 1 is 1.43 bits per heavy atom. The number of nitriles is 1. The van der Waals surface area contributed by atoms with Gasteiger partial charge in [0, 0.05) is 12.1 Å². The Bertz CT molecular complexity index is 445. The second-order valence-electron chi connectivity index (χ2n) is 3.26. The molecule has 0 aliphatic carbocycles. The van der Waals surface area contributed by atoms with Gasteiger partial charge < -0.3 is 11.1 Å². The van der Waals surface area contributed by atoms with Crippen LogP contribution < -0.4 is 11.1 Å². The lowest BCUT2D eigenvalue weighted by Crippen LogP contribution is -2.20. The van der Waals surface area contributed by atoms with E-state index in [-0.39, 0.29) is 5.91 Å². The Hall–Kier alpha value is -2.02. The van der Waals surface area contributed by atoms with Gasteiger partial charge in [-0.05, 0) is 24.1 Å². The molecule has 0 unspecified atom stereocenters. The van der Waals surface area contributed by atoms with Crippen LogP contribution in [0.4, 0.5) is 11.4 Å². The van der Waals surface area contributed by atoms with Crippen LogP contribution in [0.1, 0.15) is 17.5 Å². The number of benzene rings is 1. The number of nitrogens with two attached hydrogens (primary N) is 1. The second kappa shape index (κ2) is 3.04. The fourth-order valence-corrected chi connectivity index (χ4v) is 1.61. The summed E-state index contributed by atoms with van der Waals surface area (Å²) in [6.45, 7) is 0. The average Bonchev–Trinajstić information content (AvgIpc) is 2.17. The fraction of sp³-hybridized carbons (Fsp3) is 0.200. The number of hydrogen-bond donors (Lipinski definition) is 2. The Labute approximate surface area is 81.3 Å². The van der Waals surface area contributed by atoms with Gasteiger partial charge in [-0.1, -0.05) is 0 Å². The monoisotopic (exact) mass is 187 g/mol. The molecule has 0 radical (unpaired) electrons. The summed E-state index contributed by atoms with van der Waals surface area (Å²) in [7, 11) is 0. The Balaban J connectivity index is 2.59. The molecule has 0 saturated carbocycles. The molecule has 0 fully saturated rings. The first kappa shape index (κ1) is 8.57. The normalized spacial score (nSPS) is 14.1. The lowest BCUT2D eigenvalue weighted by atomic mass is 9.99. The molecular weight excluding hydrogens is 178 g/mol. The molecule has 2 rings (SSSR count). The van der Waals surface area contributed by atoms with E-state index in [1.54, 1.807) is 12.1 Å². The fourth-order valence-electron chi connectivity index (χ4n) is 1.61. The number of carbonyl (C=O) groups is 1. The van der Waals surface area contributed by atoms with E-state index in [1.807, 2.05) is 6.07 Å². The third-order valence-electron chi connectivity index (χ3n) is 2.25. The predicted octanol–water partition coefficient (Wildman–Crippen LogP) is 1.03. The van der Waals surface area contributed by atoms with Crippen LogP contribution in [0.5, 0.6) is 0 Å². The van der Waals surface area contributed by atoms with E-state index >= 15 is 0 Å². The molecule has 70 valence electrons. The zero-order valence-electron chi connectivity index (χ0n) is 7.50. The number of amides is 1. The molecule has 4 heteroatoms. The van der Waals surface area contributed by atoms with Crippen LogP contribution >= 0.6 is 0 Å².